The highest BCUT2D eigenvalue weighted by atomic mass is 16.5. The van der Waals surface area contributed by atoms with E-state index in [0.29, 0.717) is 5.75 Å². The number of hydrogen-bond donors (Lipinski definition) is 1. The minimum atomic E-state index is -1.02. The average molecular weight is 266 g/mol. The lowest BCUT2D eigenvalue weighted by Gasteiger charge is -2.21. The summed E-state index contributed by atoms with van der Waals surface area (Å²) in [4.78, 5) is 22.6. The molecular weight excluding hydrogens is 248 g/mol. The van der Waals surface area contributed by atoms with Gasteiger partial charge in [-0.3, -0.25) is 9.59 Å². The molecule has 19 heavy (non-hydrogen) atoms. The van der Waals surface area contributed by atoms with E-state index >= 15 is 0 Å². The molecule has 0 amide bonds. The Hall–Kier alpha value is -2.04. The SMILES string of the molecule is COC(=O)[C@H](CC(=O)O)[C@H](C)c1cccc(OC)c1. The van der Waals surface area contributed by atoms with Crippen molar-refractivity contribution in [1.29, 1.82) is 0 Å². The molecule has 104 valence electrons. The lowest BCUT2D eigenvalue weighted by molar-refractivity contribution is -0.151. The zero-order chi connectivity index (χ0) is 14.4. The van der Waals surface area contributed by atoms with Crippen molar-refractivity contribution >= 4 is 11.9 Å². The number of carbonyl (C=O) groups is 2. The van der Waals surface area contributed by atoms with Crippen molar-refractivity contribution in [2.24, 2.45) is 5.92 Å². The summed E-state index contributed by atoms with van der Waals surface area (Å²) in [7, 11) is 2.81. The van der Waals surface area contributed by atoms with Gasteiger partial charge in [0.05, 0.1) is 26.6 Å². The van der Waals surface area contributed by atoms with Gasteiger partial charge in [-0.15, -0.1) is 0 Å². The van der Waals surface area contributed by atoms with Crippen molar-refractivity contribution in [2.75, 3.05) is 14.2 Å². The number of hydrogen-bond acceptors (Lipinski definition) is 4. The van der Waals surface area contributed by atoms with E-state index in [1.165, 1.54) is 7.11 Å². The molecule has 5 heteroatoms. The summed E-state index contributed by atoms with van der Waals surface area (Å²) in [5, 5.41) is 8.89. The fourth-order valence-electron chi connectivity index (χ4n) is 1.96. The maximum Gasteiger partial charge on any atom is 0.309 e. The zero-order valence-electron chi connectivity index (χ0n) is 11.3. The van der Waals surface area contributed by atoms with E-state index in [1.54, 1.807) is 32.2 Å². The topological polar surface area (TPSA) is 72.8 Å². The van der Waals surface area contributed by atoms with Gasteiger partial charge in [-0.05, 0) is 23.6 Å². The van der Waals surface area contributed by atoms with Gasteiger partial charge >= 0.3 is 11.9 Å². The third-order valence-corrected chi connectivity index (χ3v) is 3.12. The van der Waals surface area contributed by atoms with E-state index in [-0.39, 0.29) is 12.3 Å². The van der Waals surface area contributed by atoms with Gasteiger partial charge in [-0.25, -0.2) is 0 Å². The molecule has 0 radical (unpaired) electrons. The molecule has 0 aliphatic rings. The van der Waals surface area contributed by atoms with Gasteiger partial charge in [0.2, 0.25) is 0 Å². The van der Waals surface area contributed by atoms with Crippen LogP contribution in [0.3, 0.4) is 0 Å². The lowest BCUT2D eigenvalue weighted by atomic mass is 9.85. The molecule has 5 nitrogen and oxygen atoms in total. The van der Waals surface area contributed by atoms with E-state index in [0.717, 1.165) is 5.56 Å². The second-order valence-electron chi connectivity index (χ2n) is 4.29. The Labute approximate surface area is 112 Å². The molecule has 0 heterocycles. The first-order chi connectivity index (χ1) is 8.99. The summed E-state index contributed by atoms with van der Waals surface area (Å²) >= 11 is 0. The number of rotatable bonds is 6. The van der Waals surface area contributed by atoms with Crippen LogP contribution in [0.1, 0.15) is 24.8 Å². The minimum Gasteiger partial charge on any atom is -0.497 e. The first kappa shape index (κ1) is 15.0. The van der Waals surface area contributed by atoms with Gasteiger partial charge in [-0.1, -0.05) is 19.1 Å². The van der Waals surface area contributed by atoms with E-state index in [9.17, 15) is 9.59 Å². The number of carbonyl (C=O) groups excluding carboxylic acids is 1. The van der Waals surface area contributed by atoms with Crippen molar-refractivity contribution in [3.8, 4) is 5.75 Å². The van der Waals surface area contributed by atoms with Crippen LogP contribution in [0.4, 0.5) is 0 Å². The third kappa shape index (κ3) is 3.98. The first-order valence-electron chi connectivity index (χ1n) is 5.93. The summed E-state index contributed by atoms with van der Waals surface area (Å²) in [6.07, 6.45) is -0.259. The highest BCUT2D eigenvalue weighted by molar-refractivity contribution is 5.80. The quantitative estimate of drug-likeness (QED) is 0.798. The smallest absolute Gasteiger partial charge is 0.309 e. The van der Waals surface area contributed by atoms with Gasteiger partial charge in [0, 0.05) is 0 Å². The Kier molecular flexibility index (Phi) is 5.36. The van der Waals surface area contributed by atoms with Gasteiger partial charge in [0.15, 0.2) is 0 Å². The fraction of sp³-hybridized carbons (Fsp3) is 0.429. The number of carboxylic acid groups (broad SMARTS) is 1. The Bertz CT molecular complexity index is 455. The van der Waals surface area contributed by atoms with Crippen LogP contribution >= 0.6 is 0 Å². The number of carboxylic acids is 1. The molecule has 0 saturated carbocycles. The molecule has 2 atom stereocenters. The molecular formula is C14H18O5. The molecule has 1 aromatic carbocycles. The number of ether oxygens (including phenoxy) is 2. The van der Waals surface area contributed by atoms with Gasteiger partial charge < -0.3 is 14.6 Å². The van der Waals surface area contributed by atoms with Crippen LogP contribution in [0.25, 0.3) is 0 Å². The molecule has 1 aromatic rings. The maximum absolute atomic E-state index is 11.7. The van der Waals surface area contributed by atoms with Crippen LogP contribution in [0, 0.1) is 5.92 Å². The molecule has 1 N–H and O–H groups in total. The summed E-state index contributed by atoms with van der Waals surface area (Å²) in [6.45, 7) is 1.80. The molecule has 0 fully saturated rings. The largest absolute Gasteiger partial charge is 0.497 e. The lowest BCUT2D eigenvalue weighted by Crippen LogP contribution is -2.25. The van der Waals surface area contributed by atoms with E-state index in [4.69, 9.17) is 9.84 Å². The van der Waals surface area contributed by atoms with Crippen LogP contribution in [-0.4, -0.2) is 31.3 Å². The average Bonchev–Trinajstić information content (AvgIpc) is 2.43. The van der Waals surface area contributed by atoms with Crippen LogP contribution in [0.15, 0.2) is 24.3 Å². The number of benzene rings is 1. The van der Waals surface area contributed by atoms with Crippen molar-refractivity contribution < 1.29 is 24.2 Å². The maximum atomic E-state index is 11.7. The summed E-state index contributed by atoms with van der Waals surface area (Å²) in [6, 6.07) is 7.23. The molecule has 0 aliphatic carbocycles. The highest BCUT2D eigenvalue weighted by Gasteiger charge is 2.29. The molecule has 1 rings (SSSR count). The van der Waals surface area contributed by atoms with Crippen molar-refractivity contribution in [3.05, 3.63) is 29.8 Å². The van der Waals surface area contributed by atoms with E-state index < -0.39 is 17.9 Å². The van der Waals surface area contributed by atoms with Gasteiger partial charge in [0.1, 0.15) is 5.75 Å². The standard InChI is InChI=1S/C14H18O5/c1-9(10-5-4-6-11(7-10)18-2)12(8-13(15)16)14(17)19-3/h4-7,9,12H,8H2,1-3H3,(H,15,16)/t9-,12-/m1/s1. The van der Waals surface area contributed by atoms with E-state index in [2.05, 4.69) is 4.74 Å². The molecule has 0 aliphatic heterocycles. The predicted octanol–water partition coefficient (Wildman–Crippen LogP) is 2.06. The van der Waals surface area contributed by atoms with Crippen molar-refractivity contribution in [2.45, 2.75) is 19.3 Å². The van der Waals surface area contributed by atoms with Crippen LogP contribution in [0.5, 0.6) is 5.75 Å². The summed E-state index contributed by atoms with van der Waals surface area (Å²) < 4.78 is 9.80. The Morgan fingerprint density at radius 2 is 2.00 bits per heavy atom. The van der Waals surface area contributed by atoms with Crippen LogP contribution in [-0.2, 0) is 14.3 Å². The molecule has 0 aromatic heterocycles. The predicted molar refractivity (Wildman–Crippen MR) is 69.2 cm³/mol. The number of esters is 1. The highest BCUT2D eigenvalue weighted by Crippen LogP contribution is 2.30. The van der Waals surface area contributed by atoms with Crippen molar-refractivity contribution in [3.63, 3.8) is 0 Å². The zero-order valence-corrected chi connectivity index (χ0v) is 11.3. The second-order valence-corrected chi connectivity index (χ2v) is 4.29. The third-order valence-electron chi connectivity index (χ3n) is 3.12. The Morgan fingerprint density at radius 1 is 1.32 bits per heavy atom. The van der Waals surface area contributed by atoms with Crippen LogP contribution in [0.2, 0.25) is 0 Å². The van der Waals surface area contributed by atoms with E-state index in [1.807, 2.05) is 6.07 Å². The normalized spacial score (nSPS) is 13.4. The Morgan fingerprint density at radius 3 is 2.53 bits per heavy atom. The second kappa shape index (κ2) is 6.78. The van der Waals surface area contributed by atoms with Crippen molar-refractivity contribution in [1.82, 2.24) is 0 Å². The monoisotopic (exact) mass is 266 g/mol. The number of methoxy groups -OCH3 is 2. The van der Waals surface area contributed by atoms with Crippen LogP contribution < -0.4 is 4.74 Å². The fourth-order valence-corrected chi connectivity index (χ4v) is 1.96. The molecule has 0 saturated heterocycles. The Balaban J connectivity index is 3.00. The van der Waals surface area contributed by atoms with Gasteiger partial charge in [-0.2, -0.15) is 0 Å². The molecule has 0 unspecified atom stereocenters. The summed E-state index contributed by atoms with van der Waals surface area (Å²) in [5.41, 5.74) is 0.844. The number of aliphatic carboxylic acids is 1. The van der Waals surface area contributed by atoms with Gasteiger partial charge in [0.25, 0.3) is 0 Å². The summed E-state index contributed by atoms with van der Waals surface area (Å²) in [5.74, 6) is -1.85. The molecule has 0 bridgehead atoms. The first-order valence-corrected chi connectivity index (χ1v) is 5.93. The minimum absolute atomic E-state index is 0.259. The molecule has 0 spiro atoms.